The third-order valence-electron chi connectivity index (χ3n) is 1.36. The van der Waals surface area contributed by atoms with Crippen LogP contribution in [0.15, 0.2) is 12.7 Å². The van der Waals surface area contributed by atoms with Crippen molar-refractivity contribution in [1.29, 1.82) is 0 Å². The van der Waals surface area contributed by atoms with Gasteiger partial charge in [0.05, 0.1) is 13.2 Å². The van der Waals surface area contributed by atoms with Crippen LogP contribution in [0.4, 0.5) is 0 Å². The van der Waals surface area contributed by atoms with E-state index in [4.69, 9.17) is 4.74 Å². The summed E-state index contributed by atoms with van der Waals surface area (Å²) in [6, 6.07) is 0. The standard InChI is InChI=1S/C9H17NO2/c1-3-5-7-12-8-6-10-9(11)4-2/h3H,1,4-8H2,2H3,(H,10,11). The van der Waals surface area contributed by atoms with E-state index in [9.17, 15) is 4.79 Å². The summed E-state index contributed by atoms with van der Waals surface area (Å²) >= 11 is 0. The first kappa shape index (κ1) is 11.2. The predicted molar refractivity (Wildman–Crippen MR) is 48.9 cm³/mol. The first-order valence-electron chi connectivity index (χ1n) is 4.26. The molecule has 70 valence electrons. The Hall–Kier alpha value is -0.830. The molecule has 0 heterocycles. The van der Waals surface area contributed by atoms with Crippen molar-refractivity contribution >= 4 is 5.91 Å². The molecule has 0 atom stereocenters. The summed E-state index contributed by atoms with van der Waals surface area (Å²) in [6.07, 6.45) is 3.21. The molecule has 0 bridgehead atoms. The van der Waals surface area contributed by atoms with E-state index in [2.05, 4.69) is 11.9 Å². The average Bonchev–Trinajstić information content (AvgIpc) is 2.10. The van der Waals surface area contributed by atoms with E-state index in [-0.39, 0.29) is 5.91 Å². The van der Waals surface area contributed by atoms with Crippen molar-refractivity contribution in [2.24, 2.45) is 0 Å². The Balaban J connectivity index is 3.00. The summed E-state index contributed by atoms with van der Waals surface area (Å²) < 4.78 is 5.18. The van der Waals surface area contributed by atoms with Crippen LogP contribution in [0.3, 0.4) is 0 Å². The Labute approximate surface area is 73.8 Å². The number of ether oxygens (including phenoxy) is 1. The van der Waals surface area contributed by atoms with Crippen molar-refractivity contribution in [1.82, 2.24) is 5.32 Å². The second-order valence-electron chi connectivity index (χ2n) is 2.39. The second-order valence-corrected chi connectivity index (χ2v) is 2.39. The van der Waals surface area contributed by atoms with Gasteiger partial charge in [-0.15, -0.1) is 6.58 Å². The Kier molecular flexibility index (Phi) is 7.70. The van der Waals surface area contributed by atoms with Crippen LogP contribution < -0.4 is 5.32 Å². The van der Waals surface area contributed by atoms with Gasteiger partial charge in [0.1, 0.15) is 0 Å². The molecule has 0 aromatic heterocycles. The largest absolute Gasteiger partial charge is 0.379 e. The first-order chi connectivity index (χ1) is 5.81. The van der Waals surface area contributed by atoms with Gasteiger partial charge in [0.2, 0.25) is 5.91 Å². The van der Waals surface area contributed by atoms with E-state index >= 15 is 0 Å². The molecule has 0 saturated carbocycles. The monoisotopic (exact) mass is 171 g/mol. The second kappa shape index (κ2) is 8.27. The van der Waals surface area contributed by atoms with Gasteiger partial charge < -0.3 is 10.1 Å². The molecule has 1 N–H and O–H groups in total. The third kappa shape index (κ3) is 7.28. The van der Waals surface area contributed by atoms with Gasteiger partial charge in [0, 0.05) is 13.0 Å². The van der Waals surface area contributed by atoms with Gasteiger partial charge in [-0.3, -0.25) is 4.79 Å². The third-order valence-corrected chi connectivity index (χ3v) is 1.36. The molecule has 0 spiro atoms. The van der Waals surface area contributed by atoms with Gasteiger partial charge in [-0.05, 0) is 6.42 Å². The fourth-order valence-corrected chi connectivity index (χ4v) is 0.656. The Morgan fingerprint density at radius 3 is 2.92 bits per heavy atom. The van der Waals surface area contributed by atoms with Crippen molar-refractivity contribution in [3.05, 3.63) is 12.7 Å². The lowest BCUT2D eigenvalue weighted by atomic mass is 10.4. The van der Waals surface area contributed by atoms with Crippen molar-refractivity contribution in [3.63, 3.8) is 0 Å². The highest BCUT2D eigenvalue weighted by atomic mass is 16.5. The van der Waals surface area contributed by atoms with Gasteiger partial charge in [0.15, 0.2) is 0 Å². The molecule has 0 aromatic rings. The SMILES string of the molecule is C=CCCOCCNC(=O)CC. The molecule has 0 aromatic carbocycles. The normalized spacial score (nSPS) is 9.42. The van der Waals surface area contributed by atoms with Crippen LogP contribution in [0.25, 0.3) is 0 Å². The van der Waals surface area contributed by atoms with Gasteiger partial charge >= 0.3 is 0 Å². The highest BCUT2D eigenvalue weighted by Crippen LogP contribution is 1.82. The summed E-state index contributed by atoms with van der Waals surface area (Å²) in [5.74, 6) is 0.0716. The molecule has 0 radical (unpaired) electrons. The molecule has 1 amide bonds. The van der Waals surface area contributed by atoms with Crippen LogP contribution in [-0.4, -0.2) is 25.7 Å². The summed E-state index contributed by atoms with van der Waals surface area (Å²) in [6.45, 7) is 7.27. The number of rotatable bonds is 7. The molecule has 0 fully saturated rings. The van der Waals surface area contributed by atoms with Crippen molar-refractivity contribution in [2.75, 3.05) is 19.8 Å². The molecule has 0 saturated heterocycles. The minimum absolute atomic E-state index is 0.0716. The minimum atomic E-state index is 0.0716. The molecule has 12 heavy (non-hydrogen) atoms. The van der Waals surface area contributed by atoms with Crippen LogP contribution in [-0.2, 0) is 9.53 Å². The minimum Gasteiger partial charge on any atom is -0.379 e. The van der Waals surface area contributed by atoms with Crippen molar-refractivity contribution in [3.8, 4) is 0 Å². The molecule has 3 heteroatoms. The van der Waals surface area contributed by atoms with Gasteiger partial charge in [-0.1, -0.05) is 13.0 Å². The van der Waals surface area contributed by atoms with Crippen molar-refractivity contribution < 1.29 is 9.53 Å². The van der Waals surface area contributed by atoms with E-state index in [0.717, 1.165) is 6.42 Å². The maximum Gasteiger partial charge on any atom is 0.219 e. The van der Waals surface area contributed by atoms with Gasteiger partial charge in [0.25, 0.3) is 0 Å². The number of amides is 1. The number of carbonyl (C=O) groups excluding carboxylic acids is 1. The smallest absolute Gasteiger partial charge is 0.219 e. The quantitative estimate of drug-likeness (QED) is 0.460. The summed E-state index contributed by atoms with van der Waals surface area (Å²) in [5, 5.41) is 2.72. The summed E-state index contributed by atoms with van der Waals surface area (Å²) in [4.78, 5) is 10.7. The number of nitrogens with one attached hydrogen (secondary N) is 1. The van der Waals surface area contributed by atoms with Gasteiger partial charge in [-0.2, -0.15) is 0 Å². The number of hydrogen-bond acceptors (Lipinski definition) is 2. The van der Waals surface area contributed by atoms with Crippen LogP contribution in [0.1, 0.15) is 19.8 Å². The molecule has 3 nitrogen and oxygen atoms in total. The van der Waals surface area contributed by atoms with Crippen LogP contribution >= 0.6 is 0 Å². The van der Waals surface area contributed by atoms with Gasteiger partial charge in [-0.25, -0.2) is 0 Å². The lowest BCUT2D eigenvalue weighted by molar-refractivity contribution is -0.121. The Morgan fingerprint density at radius 1 is 1.58 bits per heavy atom. The zero-order valence-electron chi connectivity index (χ0n) is 7.64. The lowest BCUT2D eigenvalue weighted by Crippen LogP contribution is -2.26. The summed E-state index contributed by atoms with van der Waals surface area (Å²) in [5.41, 5.74) is 0. The predicted octanol–water partition coefficient (Wildman–Crippen LogP) is 1.11. The van der Waals surface area contributed by atoms with Crippen LogP contribution in [0.2, 0.25) is 0 Å². The number of hydrogen-bond donors (Lipinski definition) is 1. The number of carbonyl (C=O) groups is 1. The van der Waals surface area contributed by atoms with Crippen LogP contribution in [0.5, 0.6) is 0 Å². The van der Waals surface area contributed by atoms with E-state index < -0.39 is 0 Å². The zero-order valence-corrected chi connectivity index (χ0v) is 7.64. The molecular formula is C9H17NO2. The molecule has 0 rings (SSSR count). The van der Waals surface area contributed by atoms with E-state index in [1.54, 1.807) is 0 Å². The highest BCUT2D eigenvalue weighted by molar-refractivity contribution is 5.75. The first-order valence-corrected chi connectivity index (χ1v) is 4.26. The maximum absolute atomic E-state index is 10.7. The Bertz CT molecular complexity index is 134. The highest BCUT2D eigenvalue weighted by Gasteiger charge is 1.93. The van der Waals surface area contributed by atoms with E-state index in [1.807, 2.05) is 13.0 Å². The molecular weight excluding hydrogens is 154 g/mol. The molecule has 0 aliphatic carbocycles. The molecule has 0 unspecified atom stereocenters. The maximum atomic E-state index is 10.7. The van der Waals surface area contributed by atoms with Crippen LogP contribution in [0, 0.1) is 0 Å². The summed E-state index contributed by atoms with van der Waals surface area (Å²) in [7, 11) is 0. The lowest BCUT2D eigenvalue weighted by Gasteiger charge is -2.03. The fraction of sp³-hybridized carbons (Fsp3) is 0.667. The average molecular weight is 171 g/mol. The zero-order chi connectivity index (χ0) is 9.23. The fourth-order valence-electron chi connectivity index (χ4n) is 0.656. The van der Waals surface area contributed by atoms with E-state index in [1.165, 1.54) is 0 Å². The molecule has 0 aliphatic heterocycles. The molecule has 0 aliphatic rings. The van der Waals surface area contributed by atoms with E-state index in [0.29, 0.717) is 26.2 Å². The Morgan fingerprint density at radius 2 is 2.33 bits per heavy atom. The van der Waals surface area contributed by atoms with Crippen molar-refractivity contribution in [2.45, 2.75) is 19.8 Å². The topological polar surface area (TPSA) is 38.3 Å².